The SMILES string of the molecule is O=C1NC(=S)N(c2cccc(C(=O)O)c2)C(=O)C1=Cc1ccc(OCc2ccc(F)cc2)cc1. The summed E-state index contributed by atoms with van der Waals surface area (Å²) >= 11 is 5.14. The molecule has 34 heavy (non-hydrogen) atoms. The van der Waals surface area contributed by atoms with Crippen LogP contribution in [0.3, 0.4) is 0 Å². The molecule has 2 N–H and O–H groups in total. The highest BCUT2D eigenvalue weighted by Gasteiger charge is 2.34. The van der Waals surface area contributed by atoms with Crippen LogP contribution in [0.2, 0.25) is 0 Å². The Kier molecular flexibility index (Phi) is 6.46. The number of nitrogens with zero attached hydrogens (tertiary/aromatic N) is 1. The zero-order valence-electron chi connectivity index (χ0n) is 17.5. The molecule has 1 aliphatic heterocycles. The van der Waals surface area contributed by atoms with Crippen LogP contribution in [0.25, 0.3) is 6.08 Å². The van der Waals surface area contributed by atoms with Gasteiger partial charge in [-0.15, -0.1) is 0 Å². The fraction of sp³-hybridized carbons (Fsp3) is 0.0400. The maximum absolute atomic E-state index is 13.1. The molecule has 0 bridgehead atoms. The highest BCUT2D eigenvalue weighted by atomic mass is 32.1. The molecule has 1 saturated heterocycles. The Hall–Kier alpha value is -4.37. The van der Waals surface area contributed by atoms with Crippen LogP contribution in [0.4, 0.5) is 10.1 Å². The molecular weight excluding hydrogens is 459 g/mol. The number of anilines is 1. The molecule has 4 rings (SSSR count). The van der Waals surface area contributed by atoms with Gasteiger partial charge in [0.05, 0.1) is 11.3 Å². The van der Waals surface area contributed by atoms with Gasteiger partial charge in [0.15, 0.2) is 5.11 Å². The number of hydrogen-bond donors (Lipinski definition) is 2. The maximum Gasteiger partial charge on any atom is 0.335 e. The minimum Gasteiger partial charge on any atom is -0.489 e. The van der Waals surface area contributed by atoms with Crippen molar-refractivity contribution in [3.63, 3.8) is 0 Å². The number of hydrogen-bond acceptors (Lipinski definition) is 5. The molecule has 0 unspecified atom stereocenters. The molecule has 0 atom stereocenters. The van der Waals surface area contributed by atoms with Crippen LogP contribution < -0.4 is 15.0 Å². The van der Waals surface area contributed by atoms with Gasteiger partial charge in [-0.05, 0) is 71.9 Å². The van der Waals surface area contributed by atoms with E-state index in [4.69, 9.17) is 17.0 Å². The largest absolute Gasteiger partial charge is 0.489 e. The van der Waals surface area contributed by atoms with Gasteiger partial charge in [0.25, 0.3) is 11.8 Å². The lowest BCUT2D eigenvalue weighted by atomic mass is 10.1. The normalized spacial score (nSPS) is 14.8. The van der Waals surface area contributed by atoms with Gasteiger partial charge in [0.1, 0.15) is 23.7 Å². The number of carboxylic acid groups (broad SMARTS) is 1. The average Bonchev–Trinajstić information content (AvgIpc) is 2.82. The van der Waals surface area contributed by atoms with Gasteiger partial charge < -0.3 is 9.84 Å². The first-order valence-corrected chi connectivity index (χ1v) is 10.4. The van der Waals surface area contributed by atoms with E-state index in [0.29, 0.717) is 11.3 Å². The van der Waals surface area contributed by atoms with Crippen molar-refractivity contribution in [2.24, 2.45) is 0 Å². The number of carbonyl (C=O) groups is 3. The van der Waals surface area contributed by atoms with Crippen molar-refractivity contribution in [2.45, 2.75) is 6.61 Å². The summed E-state index contributed by atoms with van der Waals surface area (Å²) in [6, 6.07) is 18.4. The predicted octanol–water partition coefficient (Wildman–Crippen LogP) is 3.93. The smallest absolute Gasteiger partial charge is 0.335 e. The predicted molar refractivity (Wildman–Crippen MR) is 127 cm³/mol. The summed E-state index contributed by atoms with van der Waals surface area (Å²) in [5.41, 5.74) is 1.42. The van der Waals surface area contributed by atoms with Gasteiger partial charge in [0, 0.05) is 0 Å². The average molecular weight is 476 g/mol. The number of amides is 2. The fourth-order valence-corrected chi connectivity index (χ4v) is 3.53. The molecule has 0 saturated carbocycles. The summed E-state index contributed by atoms with van der Waals surface area (Å²) in [5, 5.41) is 11.5. The summed E-state index contributed by atoms with van der Waals surface area (Å²) in [6.45, 7) is 0.253. The van der Waals surface area contributed by atoms with E-state index in [0.717, 1.165) is 10.5 Å². The summed E-state index contributed by atoms with van der Waals surface area (Å²) in [4.78, 5) is 37.9. The molecule has 1 heterocycles. The molecule has 9 heteroatoms. The van der Waals surface area contributed by atoms with Gasteiger partial charge >= 0.3 is 5.97 Å². The molecule has 170 valence electrons. The van der Waals surface area contributed by atoms with Crippen molar-refractivity contribution in [1.82, 2.24) is 5.32 Å². The van der Waals surface area contributed by atoms with Gasteiger partial charge in [-0.25, -0.2) is 9.18 Å². The molecule has 0 radical (unpaired) electrons. The number of nitrogens with one attached hydrogen (secondary N) is 1. The molecule has 3 aromatic carbocycles. The standard InChI is InChI=1S/C25H17FN2O5S/c26-18-8-4-16(5-9-18)14-33-20-10-6-15(7-11-20)12-21-22(29)27-25(34)28(23(21)30)19-3-1-2-17(13-19)24(31)32/h1-13H,14H2,(H,31,32)(H,27,29,34). The van der Waals surface area contributed by atoms with Crippen LogP contribution in [0.15, 0.2) is 78.4 Å². The van der Waals surface area contributed by atoms with Gasteiger partial charge in [-0.2, -0.15) is 0 Å². The zero-order valence-corrected chi connectivity index (χ0v) is 18.3. The lowest BCUT2D eigenvalue weighted by molar-refractivity contribution is -0.122. The van der Waals surface area contributed by atoms with Crippen LogP contribution in [-0.4, -0.2) is 28.0 Å². The van der Waals surface area contributed by atoms with E-state index in [9.17, 15) is 23.9 Å². The van der Waals surface area contributed by atoms with E-state index in [1.54, 1.807) is 36.4 Å². The lowest BCUT2D eigenvalue weighted by Crippen LogP contribution is -2.54. The summed E-state index contributed by atoms with van der Waals surface area (Å²) in [7, 11) is 0. The van der Waals surface area contributed by atoms with Crippen LogP contribution in [0, 0.1) is 5.82 Å². The minimum absolute atomic E-state index is 0.0215. The number of carbonyl (C=O) groups excluding carboxylic acids is 2. The third-order valence-corrected chi connectivity index (χ3v) is 5.25. The molecular formula is C25H17FN2O5S. The topological polar surface area (TPSA) is 95.9 Å². The zero-order chi connectivity index (χ0) is 24.2. The third-order valence-electron chi connectivity index (χ3n) is 4.96. The fourth-order valence-electron chi connectivity index (χ4n) is 3.24. The number of carboxylic acids is 1. The second-order valence-electron chi connectivity index (χ2n) is 7.30. The van der Waals surface area contributed by atoms with Crippen LogP contribution >= 0.6 is 12.2 Å². The molecule has 3 aromatic rings. The van der Waals surface area contributed by atoms with E-state index in [-0.39, 0.29) is 34.4 Å². The summed E-state index contributed by atoms with van der Waals surface area (Å²) < 4.78 is 18.7. The second kappa shape index (κ2) is 9.63. The van der Waals surface area contributed by atoms with Crippen LogP contribution in [0.1, 0.15) is 21.5 Å². The Bertz CT molecular complexity index is 1320. The first-order valence-electron chi connectivity index (χ1n) is 10.0. The number of rotatable bonds is 6. The first kappa shape index (κ1) is 22.8. The molecule has 1 aliphatic rings. The number of benzene rings is 3. The minimum atomic E-state index is -1.15. The van der Waals surface area contributed by atoms with Crippen molar-refractivity contribution in [3.05, 3.63) is 101 Å². The van der Waals surface area contributed by atoms with Crippen molar-refractivity contribution in [1.29, 1.82) is 0 Å². The van der Waals surface area contributed by atoms with Crippen LogP contribution in [-0.2, 0) is 16.2 Å². The first-order chi connectivity index (χ1) is 16.3. The number of halogens is 1. The summed E-state index contributed by atoms with van der Waals surface area (Å²) in [6.07, 6.45) is 1.41. The van der Waals surface area contributed by atoms with E-state index in [1.807, 2.05) is 0 Å². The monoisotopic (exact) mass is 476 g/mol. The Labute approximate surface area is 199 Å². The molecule has 0 aromatic heterocycles. The van der Waals surface area contributed by atoms with Crippen LogP contribution in [0.5, 0.6) is 5.75 Å². The maximum atomic E-state index is 13.1. The quantitative estimate of drug-likeness (QED) is 0.318. The van der Waals surface area contributed by atoms with Gasteiger partial charge in [-0.1, -0.05) is 30.3 Å². The van der Waals surface area contributed by atoms with Gasteiger partial charge in [-0.3, -0.25) is 19.8 Å². The summed E-state index contributed by atoms with van der Waals surface area (Å²) in [5.74, 6) is -2.25. The molecule has 0 aliphatic carbocycles. The highest BCUT2D eigenvalue weighted by molar-refractivity contribution is 7.80. The van der Waals surface area contributed by atoms with Gasteiger partial charge in [0.2, 0.25) is 0 Å². The Balaban J connectivity index is 1.53. The second-order valence-corrected chi connectivity index (χ2v) is 7.68. The van der Waals surface area contributed by atoms with Crippen molar-refractivity contribution in [2.75, 3.05) is 4.90 Å². The van der Waals surface area contributed by atoms with E-state index in [2.05, 4.69) is 5.32 Å². The van der Waals surface area contributed by atoms with Crippen molar-refractivity contribution < 1.29 is 28.6 Å². The Morgan fingerprint density at radius 3 is 2.44 bits per heavy atom. The van der Waals surface area contributed by atoms with Crippen molar-refractivity contribution in [3.8, 4) is 5.75 Å². The Morgan fingerprint density at radius 2 is 1.76 bits per heavy atom. The molecule has 1 fully saturated rings. The number of aromatic carboxylic acids is 1. The van der Waals surface area contributed by atoms with E-state index < -0.39 is 17.8 Å². The van der Waals surface area contributed by atoms with E-state index >= 15 is 0 Å². The van der Waals surface area contributed by atoms with Crippen molar-refractivity contribution >= 4 is 46.9 Å². The molecule has 2 amide bonds. The molecule has 0 spiro atoms. The lowest BCUT2D eigenvalue weighted by Gasteiger charge is -2.29. The Morgan fingerprint density at radius 1 is 1.06 bits per heavy atom. The number of ether oxygens (including phenoxy) is 1. The molecule has 7 nitrogen and oxygen atoms in total. The number of thiocarbonyl (C=S) groups is 1. The highest BCUT2D eigenvalue weighted by Crippen LogP contribution is 2.24. The van der Waals surface area contributed by atoms with E-state index in [1.165, 1.54) is 42.5 Å². The third kappa shape index (κ3) is 5.00.